The van der Waals surface area contributed by atoms with E-state index in [0.29, 0.717) is 0 Å². The van der Waals surface area contributed by atoms with Gasteiger partial charge in [0.1, 0.15) is 0 Å². The van der Waals surface area contributed by atoms with Crippen molar-refractivity contribution in [1.29, 1.82) is 0 Å². The Morgan fingerprint density at radius 1 is 1.40 bits per heavy atom. The van der Waals surface area contributed by atoms with Gasteiger partial charge in [0, 0.05) is 6.42 Å². The normalized spacial score (nSPS) is 22.2. The van der Waals surface area contributed by atoms with E-state index in [0.717, 1.165) is 0 Å². The average Bonchev–Trinajstić information content (AvgIpc) is 1.30. The van der Waals surface area contributed by atoms with Crippen molar-refractivity contribution >= 4 is 0 Å². The minimum atomic E-state index is 1.40. The van der Waals surface area contributed by atoms with Gasteiger partial charge in [0.2, 0.25) is 0 Å². The Labute approximate surface area is 33.2 Å². The summed E-state index contributed by atoms with van der Waals surface area (Å²) >= 11 is 0. The van der Waals surface area contributed by atoms with Gasteiger partial charge in [-0.3, -0.25) is 0 Å². The zero-order valence-corrected chi connectivity index (χ0v) is 3.62. The zero-order valence-electron chi connectivity index (χ0n) is 3.62. The van der Waals surface area contributed by atoms with E-state index in [9.17, 15) is 0 Å². The molecule has 0 N–H and O–H groups in total. The number of rotatable bonds is 0. The summed E-state index contributed by atoms with van der Waals surface area (Å²) in [5.41, 5.74) is 0. The second kappa shape index (κ2) is 0.925. The van der Waals surface area contributed by atoms with Gasteiger partial charge in [-0.2, -0.15) is 0 Å². The van der Waals surface area contributed by atoms with Crippen LogP contribution in [-0.2, 0) is 0 Å². The van der Waals surface area contributed by atoms with Crippen LogP contribution in [0.4, 0.5) is 0 Å². The molecule has 0 radical (unpaired) electrons. The van der Waals surface area contributed by atoms with Crippen LogP contribution in [0.2, 0.25) is 0 Å². The van der Waals surface area contributed by atoms with E-state index in [1.54, 1.807) is 5.92 Å². The standard InChI is InChI=1S/C5H9/c1-5-3-2-4-5/h2-4H2,1H3/q+1. The predicted octanol–water partition coefficient (Wildman–Crippen LogP) is 1.76. The fourth-order valence-corrected chi connectivity index (χ4v) is 0.530. The largest absolute Gasteiger partial charge is 0.0938 e. The van der Waals surface area contributed by atoms with Crippen LogP contribution in [0.1, 0.15) is 26.2 Å². The Morgan fingerprint density at radius 3 is 1.80 bits per heavy atom. The summed E-state index contributed by atoms with van der Waals surface area (Å²) in [7, 11) is 0. The van der Waals surface area contributed by atoms with Crippen molar-refractivity contribution in [2.24, 2.45) is 0 Å². The van der Waals surface area contributed by atoms with Crippen LogP contribution >= 0.6 is 0 Å². The molecule has 0 heterocycles. The van der Waals surface area contributed by atoms with E-state index in [2.05, 4.69) is 6.92 Å². The van der Waals surface area contributed by atoms with Crippen molar-refractivity contribution in [3.63, 3.8) is 0 Å². The van der Waals surface area contributed by atoms with Gasteiger partial charge in [-0.05, 0) is 0 Å². The Balaban J connectivity index is 2.08. The molecule has 0 nitrogen and oxygen atoms in total. The summed E-state index contributed by atoms with van der Waals surface area (Å²) in [5, 5.41) is 0. The molecular formula is C5H9+. The third-order valence-corrected chi connectivity index (χ3v) is 1.21. The molecule has 0 heteroatoms. The molecular weight excluding hydrogens is 60.1 g/mol. The SMILES string of the molecule is C[C+]1CCC1. The fraction of sp³-hybridized carbons (Fsp3) is 0.800. The first kappa shape index (κ1) is 3.08. The molecule has 1 aliphatic carbocycles. The van der Waals surface area contributed by atoms with E-state index >= 15 is 0 Å². The molecule has 0 saturated heterocycles. The molecule has 28 valence electrons. The first-order valence-corrected chi connectivity index (χ1v) is 2.21. The molecule has 0 aromatic heterocycles. The average molecular weight is 69.1 g/mol. The lowest BCUT2D eigenvalue weighted by Gasteiger charge is -2.06. The zero-order chi connectivity index (χ0) is 3.70. The van der Waals surface area contributed by atoms with Crippen LogP contribution < -0.4 is 0 Å². The topological polar surface area (TPSA) is 0 Å². The Kier molecular flexibility index (Phi) is 0.569. The van der Waals surface area contributed by atoms with E-state index < -0.39 is 0 Å². The molecule has 1 fully saturated rings. The van der Waals surface area contributed by atoms with Gasteiger partial charge in [-0.1, -0.05) is 0 Å². The fourth-order valence-electron chi connectivity index (χ4n) is 0.530. The maximum atomic E-state index is 2.23. The third kappa shape index (κ3) is 0.393. The molecule has 5 heavy (non-hydrogen) atoms. The van der Waals surface area contributed by atoms with Gasteiger partial charge in [0.25, 0.3) is 0 Å². The second-order valence-corrected chi connectivity index (χ2v) is 1.81. The molecule has 1 saturated carbocycles. The Hall–Kier alpha value is -0.130. The summed E-state index contributed by atoms with van der Waals surface area (Å²) in [5.74, 6) is 1.69. The summed E-state index contributed by atoms with van der Waals surface area (Å²) in [6.07, 6.45) is 4.26. The molecule has 0 aromatic rings. The molecule has 0 amide bonds. The van der Waals surface area contributed by atoms with Crippen molar-refractivity contribution in [2.45, 2.75) is 26.2 Å². The van der Waals surface area contributed by atoms with Gasteiger partial charge >= 0.3 is 0 Å². The smallest absolute Gasteiger partial charge is 0.0284 e. The van der Waals surface area contributed by atoms with E-state index in [1.807, 2.05) is 0 Å². The summed E-state index contributed by atoms with van der Waals surface area (Å²) < 4.78 is 0. The van der Waals surface area contributed by atoms with Crippen molar-refractivity contribution < 1.29 is 0 Å². The van der Waals surface area contributed by atoms with Crippen molar-refractivity contribution in [3.8, 4) is 0 Å². The highest BCUT2D eigenvalue weighted by Gasteiger charge is 2.22. The summed E-state index contributed by atoms with van der Waals surface area (Å²) in [6.45, 7) is 2.23. The first-order valence-electron chi connectivity index (χ1n) is 2.21. The van der Waals surface area contributed by atoms with E-state index in [1.165, 1.54) is 19.3 Å². The lowest BCUT2D eigenvalue weighted by Crippen LogP contribution is -2.01. The Bertz CT molecular complexity index is 27.0. The lowest BCUT2D eigenvalue weighted by atomic mass is 9.88. The number of hydrogen-bond acceptors (Lipinski definition) is 0. The van der Waals surface area contributed by atoms with Crippen LogP contribution in [-0.4, -0.2) is 0 Å². The maximum Gasteiger partial charge on any atom is 0.0938 e. The van der Waals surface area contributed by atoms with Crippen LogP contribution in [0.15, 0.2) is 0 Å². The van der Waals surface area contributed by atoms with Crippen LogP contribution in [0.3, 0.4) is 0 Å². The second-order valence-electron chi connectivity index (χ2n) is 1.81. The maximum absolute atomic E-state index is 2.23. The van der Waals surface area contributed by atoms with Crippen LogP contribution in [0.5, 0.6) is 0 Å². The highest BCUT2D eigenvalue weighted by Crippen LogP contribution is 2.26. The van der Waals surface area contributed by atoms with Crippen molar-refractivity contribution in [3.05, 3.63) is 5.92 Å². The molecule has 1 aliphatic rings. The molecule has 0 spiro atoms. The summed E-state index contributed by atoms with van der Waals surface area (Å²) in [4.78, 5) is 0. The van der Waals surface area contributed by atoms with Crippen molar-refractivity contribution in [1.82, 2.24) is 0 Å². The quantitative estimate of drug-likeness (QED) is 0.380. The summed E-state index contributed by atoms with van der Waals surface area (Å²) in [6, 6.07) is 0. The number of hydrogen-bond donors (Lipinski definition) is 0. The molecule has 0 aromatic carbocycles. The van der Waals surface area contributed by atoms with Gasteiger partial charge < -0.3 is 0 Å². The van der Waals surface area contributed by atoms with Crippen molar-refractivity contribution in [2.75, 3.05) is 0 Å². The van der Waals surface area contributed by atoms with E-state index in [-0.39, 0.29) is 0 Å². The van der Waals surface area contributed by atoms with Gasteiger partial charge in [0.15, 0.2) is 0 Å². The minimum absolute atomic E-state index is 1.40. The molecule has 1 rings (SSSR count). The van der Waals surface area contributed by atoms with Gasteiger partial charge in [0.05, 0.1) is 25.7 Å². The molecule has 0 atom stereocenters. The highest BCUT2D eigenvalue weighted by atomic mass is 14.1. The van der Waals surface area contributed by atoms with Gasteiger partial charge in [-0.25, -0.2) is 0 Å². The van der Waals surface area contributed by atoms with Crippen LogP contribution in [0, 0.1) is 5.92 Å². The van der Waals surface area contributed by atoms with Crippen LogP contribution in [0.25, 0.3) is 0 Å². The third-order valence-electron chi connectivity index (χ3n) is 1.21. The van der Waals surface area contributed by atoms with Gasteiger partial charge in [-0.15, -0.1) is 0 Å². The van der Waals surface area contributed by atoms with E-state index in [4.69, 9.17) is 0 Å². The first-order chi connectivity index (χ1) is 2.39. The minimum Gasteiger partial charge on any atom is 0.0284 e. The molecule has 0 bridgehead atoms. The molecule has 0 aliphatic heterocycles. The predicted molar refractivity (Wildman–Crippen MR) is 22.8 cm³/mol. The molecule has 0 unspecified atom stereocenters. The highest BCUT2D eigenvalue weighted by molar-refractivity contribution is 4.92. The lowest BCUT2D eigenvalue weighted by molar-refractivity contribution is 0.557. The monoisotopic (exact) mass is 69.1 g/mol. The Morgan fingerprint density at radius 2 is 1.80 bits per heavy atom.